The quantitative estimate of drug-likeness (QED) is 0.777. The minimum Gasteiger partial charge on any atom is -0.397 e. The average molecular weight is 266 g/mol. The van der Waals surface area contributed by atoms with Crippen LogP contribution in [0.3, 0.4) is 0 Å². The lowest BCUT2D eigenvalue weighted by molar-refractivity contribution is 0.217. The molecule has 0 aliphatic heterocycles. The standard InChI is InChI=1S/C9H12F2N2O3S/c1-16-4-5-17(14,15)13-9-7(12)3-2-6(10)8(9)11/h2-3,13H,4-5,12H2,1H3. The topological polar surface area (TPSA) is 81.4 Å². The van der Waals surface area contributed by atoms with Crippen molar-refractivity contribution in [1.82, 2.24) is 0 Å². The van der Waals surface area contributed by atoms with Gasteiger partial charge in [-0.15, -0.1) is 0 Å². The number of nitrogens with one attached hydrogen (secondary N) is 1. The SMILES string of the molecule is COCCS(=O)(=O)Nc1c(N)ccc(F)c1F. The molecule has 0 amide bonds. The summed E-state index contributed by atoms with van der Waals surface area (Å²) in [6, 6.07) is 1.89. The van der Waals surface area contributed by atoms with Gasteiger partial charge in [0.25, 0.3) is 0 Å². The fourth-order valence-electron chi connectivity index (χ4n) is 1.07. The van der Waals surface area contributed by atoms with Gasteiger partial charge >= 0.3 is 0 Å². The van der Waals surface area contributed by atoms with Crippen LogP contribution in [0.1, 0.15) is 0 Å². The molecule has 96 valence electrons. The molecule has 0 unspecified atom stereocenters. The van der Waals surface area contributed by atoms with Crippen LogP contribution in [0, 0.1) is 11.6 Å². The number of nitrogen functional groups attached to an aromatic ring is 1. The van der Waals surface area contributed by atoms with Gasteiger partial charge in [-0.3, -0.25) is 4.72 Å². The fourth-order valence-corrected chi connectivity index (χ4v) is 2.08. The summed E-state index contributed by atoms with van der Waals surface area (Å²) in [5.74, 6) is -2.88. The number of methoxy groups -OCH3 is 1. The zero-order valence-electron chi connectivity index (χ0n) is 9.04. The Labute approximate surface area is 97.6 Å². The van der Waals surface area contributed by atoms with Crippen molar-refractivity contribution < 1.29 is 21.9 Å². The number of benzene rings is 1. The zero-order valence-corrected chi connectivity index (χ0v) is 9.85. The Balaban J connectivity index is 2.99. The fraction of sp³-hybridized carbons (Fsp3) is 0.333. The Hall–Kier alpha value is -1.41. The summed E-state index contributed by atoms with van der Waals surface area (Å²) in [6.45, 7) is -0.0633. The zero-order chi connectivity index (χ0) is 13.1. The first-order valence-electron chi connectivity index (χ1n) is 4.60. The van der Waals surface area contributed by atoms with E-state index in [0.29, 0.717) is 0 Å². The molecule has 8 heteroatoms. The van der Waals surface area contributed by atoms with Gasteiger partial charge in [-0.2, -0.15) is 0 Å². The van der Waals surface area contributed by atoms with Crippen molar-refractivity contribution in [3.8, 4) is 0 Å². The van der Waals surface area contributed by atoms with Crippen molar-refractivity contribution in [3.63, 3.8) is 0 Å². The summed E-state index contributed by atoms with van der Waals surface area (Å²) in [7, 11) is -2.49. The van der Waals surface area contributed by atoms with E-state index in [1.54, 1.807) is 0 Å². The number of sulfonamides is 1. The van der Waals surface area contributed by atoms with Crippen LogP contribution < -0.4 is 10.5 Å². The number of ether oxygens (including phenoxy) is 1. The smallest absolute Gasteiger partial charge is 0.235 e. The highest BCUT2D eigenvalue weighted by molar-refractivity contribution is 7.92. The molecule has 5 nitrogen and oxygen atoms in total. The number of anilines is 2. The third-order valence-corrected chi connectivity index (χ3v) is 3.16. The molecule has 0 saturated heterocycles. The normalized spacial score (nSPS) is 11.5. The maximum Gasteiger partial charge on any atom is 0.235 e. The van der Waals surface area contributed by atoms with Crippen molar-refractivity contribution in [3.05, 3.63) is 23.8 Å². The molecule has 1 aromatic carbocycles. The second kappa shape index (κ2) is 5.28. The minimum atomic E-state index is -3.82. The lowest BCUT2D eigenvalue weighted by Crippen LogP contribution is -2.21. The third kappa shape index (κ3) is 3.53. The number of hydrogen-bond acceptors (Lipinski definition) is 4. The molecule has 0 aliphatic rings. The van der Waals surface area contributed by atoms with Crippen LogP contribution in [-0.2, 0) is 14.8 Å². The Morgan fingerprint density at radius 3 is 2.65 bits per heavy atom. The summed E-state index contributed by atoms with van der Waals surface area (Å²) in [5, 5.41) is 0. The van der Waals surface area contributed by atoms with Crippen LogP contribution in [0.4, 0.5) is 20.2 Å². The monoisotopic (exact) mass is 266 g/mol. The summed E-state index contributed by atoms with van der Waals surface area (Å²) >= 11 is 0. The van der Waals surface area contributed by atoms with E-state index in [2.05, 4.69) is 4.74 Å². The van der Waals surface area contributed by atoms with Crippen LogP contribution in [0.25, 0.3) is 0 Å². The van der Waals surface area contributed by atoms with E-state index in [1.165, 1.54) is 7.11 Å². The molecule has 0 spiro atoms. The van der Waals surface area contributed by atoms with E-state index in [9.17, 15) is 17.2 Å². The number of nitrogens with two attached hydrogens (primary N) is 1. The predicted octanol–water partition coefficient (Wildman–Crippen LogP) is 0.935. The van der Waals surface area contributed by atoms with E-state index in [1.807, 2.05) is 4.72 Å². The van der Waals surface area contributed by atoms with Gasteiger partial charge in [0.05, 0.1) is 18.0 Å². The van der Waals surface area contributed by atoms with Crippen LogP contribution in [-0.4, -0.2) is 27.9 Å². The summed E-state index contributed by atoms with van der Waals surface area (Å²) in [5.41, 5.74) is 4.59. The molecular formula is C9H12F2N2O3S. The number of halogens is 2. The molecule has 0 radical (unpaired) electrons. The van der Waals surface area contributed by atoms with E-state index in [-0.39, 0.29) is 18.0 Å². The van der Waals surface area contributed by atoms with Crippen LogP contribution in [0.15, 0.2) is 12.1 Å². The molecule has 0 fully saturated rings. The first kappa shape index (κ1) is 13.7. The van der Waals surface area contributed by atoms with Crippen LogP contribution in [0.2, 0.25) is 0 Å². The van der Waals surface area contributed by atoms with Gasteiger partial charge in [-0.25, -0.2) is 17.2 Å². The van der Waals surface area contributed by atoms with Crippen molar-refractivity contribution >= 4 is 21.4 Å². The Morgan fingerprint density at radius 1 is 1.41 bits per heavy atom. The van der Waals surface area contributed by atoms with Gasteiger partial charge in [0, 0.05) is 7.11 Å². The molecule has 17 heavy (non-hydrogen) atoms. The molecule has 3 N–H and O–H groups in total. The summed E-state index contributed by atoms with van der Waals surface area (Å²) in [6.07, 6.45) is 0. The maximum absolute atomic E-state index is 13.3. The Kier molecular flexibility index (Phi) is 4.24. The van der Waals surface area contributed by atoms with Crippen molar-refractivity contribution in [2.24, 2.45) is 0 Å². The minimum absolute atomic E-state index is 0.0633. The third-order valence-electron chi connectivity index (χ3n) is 1.94. The van der Waals surface area contributed by atoms with Crippen molar-refractivity contribution in [2.75, 3.05) is 29.9 Å². The Morgan fingerprint density at radius 2 is 2.06 bits per heavy atom. The van der Waals surface area contributed by atoms with Gasteiger partial charge in [0.1, 0.15) is 5.69 Å². The van der Waals surface area contributed by atoms with Crippen LogP contribution in [0.5, 0.6) is 0 Å². The largest absolute Gasteiger partial charge is 0.397 e. The molecular weight excluding hydrogens is 254 g/mol. The molecule has 1 rings (SSSR count). The van der Waals surface area contributed by atoms with Gasteiger partial charge in [0.2, 0.25) is 10.0 Å². The van der Waals surface area contributed by atoms with Crippen molar-refractivity contribution in [2.45, 2.75) is 0 Å². The first-order chi connectivity index (χ1) is 7.87. The number of rotatable bonds is 5. The predicted molar refractivity (Wildman–Crippen MR) is 60.1 cm³/mol. The van der Waals surface area contributed by atoms with Gasteiger partial charge in [0.15, 0.2) is 11.6 Å². The highest BCUT2D eigenvalue weighted by Crippen LogP contribution is 2.25. The highest BCUT2D eigenvalue weighted by Gasteiger charge is 2.18. The van der Waals surface area contributed by atoms with Crippen LogP contribution >= 0.6 is 0 Å². The molecule has 0 atom stereocenters. The molecule has 1 aromatic rings. The number of hydrogen-bond donors (Lipinski definition) is 2. The van der Waals surface area contributed by atoms with E-state index < -0.39 is 27.3 Å². The van der Waals surface area contributed by atoms with E-state index in [0.717, 1.165) is 12.1 Å². The lowest BCUT2D eigenvalue weighted by Gasteiger charge is -2.11. The molecule has 0 aromatic heterocycles. The summed E-state index contributed by atoms with van der Waals surface area (Å²) in [4.78, 5) is 0. The molecule has 0 aliphatic carbocycles. The second-order valence-corrected chi connectivity index (χ2v) is 5.08. The van der Waals surface area contributed by atoms with E-state index >= 15 is 0 Å². The van der Waals surface area contributed by atoms with Crippen molar-refractivity contribution in [1.29, 1.82) is 0 Å². The molecule has 0 saturated carbocycles. The van der Waals surface area contributed by atoms with Gasteiger partial charge in [-0.1, -0.05) is 0 Å². The van der Waals surface area contributed by atoms with Gasteiger partial charge in [-0.05, 0) is 12.1 Å². The molecule has 0 heterocycles. The molecule has 0 bridgehead atoms. The van der Waals surface area contributed by atoms with Gasteiger partial charge < -0.3 is 10.5 Å². The average Bonchev–Trinajstić information content (AvgIpc) is 2.27. The highest BCUT2D eigenvalue weighted by atomic mass is 32.2. The second-order valence-electron chi connectivity index (χ2n) is 3.24. The first-order valence-corrected chi connectivity index (χ1v) is 6.25. The van der Waals surface area contributed by atoms with E-state index in [4.69, 9.17) is 5.73 Å². The Bertz CT molecular complexity index is 505. The lowest BCUT2D eigenvalue weighted by atomic mass is 10.2. The summed E-state index contributed by atoms with van der Waals surface area (Å²) < 4.78 is 55.5. The maximum atomic E-state index is 13.3.